The Kier molecular flexibility index (Phi) is 29.8. The van der Waals surface area contributed by atoms with Crippen LogP contribution in [0.5, 0.6) is 0 Å². The zero-order valence-corrected chi connectivity index (χ0v) is 51.0. The summed E-state index contributed by atoms with van der Waals surface area (Å²) < 4.78 is 65.3. The third kappa shape index (κ3) is 23.0. The van der Waals surface area contributed by atoms with Crippen LogP contribution in [0.3, 0.4) is 0 Å². The van der Waals surface area contributed by atoms with E-state index >= 15 is 0 Å². The Morgan fingerprint density at radius 1 is 0.670 bits per heavy atom. The summed E-state index contributed by atoms with van der Waals surface area (Å²) in [4.78, 5) is 92.8. The van der Waals surface area contributed by atoms with Crippen molar-refractivity contribution in [3.63, 3.8) is 0 Å². The second-order valence-electron chi connectivity index (χ2n) is 21.1. The molecule has 0 fully saturated rings. The van der Waals surface area contributed by atoms with Crippen LogP contribution >= 0.6 is 11.8 Å². The van der Waals surface area contributed by atoms with Gasteiger partial charge in [0.15, 0.2) is 0 Å². The summed E-state index contributed by atoms with van der Waals surface area (Å²) in [6, 6.07) is 26.9. The SMILES string of the molecule is C=C1C=C(SCC(CC(=O)CCOCCOCCOCCOCCOCCOCCCC(=O)CCc2cccc(-c3c(C)n(Cc4c(F)cccc4F)c(=O)n(C[C@H](N)c4ccccc4)c3=O)c2)C(=O)O)C(=O)N1CCNC(=O)CCc1ccc(C)cc1. The number of carboxylic acid groups (broad SMARTS) is 1. The molecule has 4 aromatic carbocycles. The Morgan fingerprint density at radius 2 is 1.26 bits per heavy atom. The molecular weight excluding hydrogens is 1160 g/mol. The lowest BCUT2D eigenvalue weighted by Gasteiger charge is -2.20. The van der Waals surface area contributed by atoms with Crippen molar-refractivity contribution in [1.82, 2.24) is 19.4 Å². The third-order valence-electron chi connectivity index (χ3n) is 14.5. The lowest BCUT2D eigenvalue weighted by Crippen LogP contribution is -2.44. The average molecular weight is 1240 g/mol. The van der Waals surface area contributed by atoms with E-state index in [-0.39, 0.29) is 105 Å². The number of nitrogens with zero attached hydrogens (tertiary/aromatic N) is 3. The normalized spacial score (nSPS) is 13.0. The number of aromatic nitrogens is 2. The minimum atomic E-state index is -1.13. The number of ketones is 2. The number of carbonyl (C=O) groups excluding carboxylic acids is 4. The van der Waals surface area contributed by atoms with Crippen LogP contribution in [0.2, 0.25) is 0 Å². The van der Waals surface area contributed by atoms with E-state index in [9.17, 15) is 47.4 Å². The number of ether oxygens (including phenoxy) is 6. The quantitative estimate of drug-likeness (QED) is 0.0320. The van der Waals surface area contributed by atoms with Crippen molar-refractivity contribution >= 4 is 41.1 Å². The highest BCUT2D eigenvalue weighted by atomic mass is 32.2. The number of benzene rings is 4. The number of allylic oxidation sites excluding steroid dienone is 1. The average Bonchev–Trinajstić information content (AvgIpc) is 1.25. The second-order valence-corrected chi connectivity index (χ2v) is 22.2. The molecule has 22 heteroatoms. The Labute approximate surface area is 516 Å². The first-order valence-corrected chi connectivity index (χ1v) is 30.6. The highest BCUT2D eigenvalue weighted by Crippen LogP contribution is 2.31. The number of nitrogens with one attached hydrogen (secondary N) is 1. The van der Waals surface area contributed by atoms with Crippen LogP contribution in [-0.4, -0.2) is 147 Å². The van der Waals surface area contributed by atoms with Crippen molar-refractivity contribution in [2.45, 2.75) is 84.3 Å². The van der Waals surface area contributed by atoms with E-state index in [1.807, 2.05) is 43.3 Å². The molecule has 6 rings (SSSR count). The third-order valence-corrected chi connectivity index (χ3v) is 15.7. The molecule has 88 heavy (non-hydrogen) atoms. The van der Waals surface area contributed by atoms with Gasteiger partial charge in [-0.1, -0.05) is 97.1 Å². The molecule has 0 saturated carbocycles. The van der Waals surface area contributed by atoms with Crippen LogP contribution in [0.15, 0.2) is 130 Å². The number of carboxylic acids is 1. The van der Waals surface area contributed by atoms with Crippen LogP contribution in [0.25, 0.3) is 11.1 Å². The summed E-state index contributed by atoms with van der Waals surface area (Å²) in [6.45, 7) is 11.2. The molecule has 0 bridgehead atoms. The Balaban J connectivity index is 0.743. The minimum Gasteiger partial charge on any atom is -0.481 e. The Hall–Kier alpha value is -7.28. The summed E-state index contributed by atoms with van der Waals surface area (Å²) in [7, 11) is 0. The van der Waals surface area contributed by atoms with Gasteiger partial charge in [-0.2, -0.15) is 0 Å². The van der Waals surface area contributed by atoms with Crippen molar-refractivity contribution in [2.75, 3.05) is 98.1 Å². The summed E-state index contributed by atoms with van der Waals surface area (Å²) in [5.74, 6) is -4.43. The molecule has 2 amide bonds. The first kappa shape index (κ1) is 69.8. The summed E-state index contributed by atoms with van der Waals surface area (Å²) in [6.07, 6.45) is 3.86. The fraction of sp³-hybridized carbons (Fsp3) is 0.439. The van der Waals surface area contributed by atoms with Gasteiger partial charge in [0.25, 0.3) is 11.5 Å². The lowest BCUT2D eigenvalue weighted by atomic mass is 9.99. The second kappa shape index (κ2) is 37.5. The fourth-order valence-electron chi connectivity index (χ4n) is 9.47. The van der Waals surface area contributed by atoms with Gasteiger partial charge in [0.2, 0.25) is 5.91 Å². The first-order valence-electron chi connectivity index (χ1n) is 29.6. The van der Waals surface area contributed by atoms with Gasteiger partial charge in [-0.05, 0) is 73.6 Å². The van der Waals surface area contributed by atoms with Gasteiger partial charge < -0.3 is 49.5 Å². The number of amides is 2. The maximum Gasteiger partial charge on any atom is 0.331 e. The molecule has 5 aromatic rings. The molecule has 2 atom stereocenters. The van der Waals surface area contributed by atoms with Crippen LogP contribution in [-0.2, 0) is 78.3 Å². The molecule has 0 aliphatic carbocycles. The smallest absolute Gasteiger partial charge is 0.331 e. The highest BCUT2D eigenvalue weighted by molar-refractivity contribution is 8.04. The van der Waals surface area contributed by atoms with E-state index in [4.69, 9.17) is 34.2 Å². The molecule has 0 spiro atoms. The maximum absolute atomic E-state index is 14.9. The molecule has 0 radical (unpaired) electrons. The van der Waals surface area contributed by atoms with E-state index in [2.05, 4.69) is 11.9 Å². The highest BCUT2D eigenvalue weighted by Gasteiger charge is 2.30. The summed E-state index contributed by atoms with van der Waals surface area (Å²) in [5.41, 5.74) is 9.88. The van der Waals surface area contributed by atoms with Gasteiger partial charge in [0, 0.05) is 80.5 Å². The molecule has 4 N–H and O–H groups in total. The van der Waals surface area contributed by atoms with Crippen LogP contribution in [0, 0.1) is 31.4 Å². The number of carbonyl (C=O) groups is 5. The van der Waals surface area contributed by atoms with E-state index < -0.39 is 47.4 Å². The number of rotatable bonds is 43. The van der Waals surface area contributed by atoms with E-state index in [0.29, 0.717) is 113 Å². The number of aliphatic carboxylic acids is 1. The monoisotopic (exact) mass is 1240 g/mol. The largest absolute Gasteiger partial charge is 0.481 e. The number of hydrogen-bond donors (Lipinski definition) is 3. The van der Waals surface area contributed by atoms with Gasteiger partial charge in [0.1, 0.15) is 23.2 Å². The number of thioether (sulfide) groups is 1. The predicted octanol–water partition coefficient (Wildman–Crippen LogP) is 7.47. The molecule has 1 aliphatic rings. The van der Waals surface area contributed by atoms with Crippen LogP contribution in [0.4, 0.5) is 8.78 Å². The number of Topliss-reactive ketones (excluding diaryl/α,β-unsaturated/α-hetero) is 2. The number of hydrogen-bond acceptors (Lipinski definition) is 15. The Bertz CT molecular complexity index is 3240. The number of nitrogens with two attached hydrogens (primary N) is 1. The molecule has 1 aromatic heterocycles. The van der Waals surface area contributed by atoms with E-state index in [0.717, 1.165) is 45.2 Å². The van der Waals surface area contributed by atoms with Crippen molar-refractivity contribution in [3.05, 3.63) is 186 Å². The fourth-order valence-corrected chi connectivity index (χ4v) is 10.6. The topological polar surface area (TPSA) is 246 Å². The van der Waals surface area contributed by atoms with Gasteiger partial charge in [-0.15, -0.1) is 11.8 Å². The van der Waals surface area contributed by atoms with Gasteiger partial charge in [-0.3, -0.25) is 37.9 Å². The molecule has 1 aliphatic heterocycles. The van der Waals surface area contributed by atoms with Crippen LogP contribution in [0.1, 0.15) is 78.1 Å². The van der Waals surface area contributed by atoms with Gasteiger partial charge in [-0.25, -0.2) is 13.6 Å². The summed E-state index contributed by atoms with van der Waals surface area (Å²) in [5, 5.41) is 12.6. The molecule has 19 nitrogen and oxygen atoms in total. The molecule has 474 valence electrons. The van der Waals surface area contributed by atoms with Crippen LogP contribution < -0.4 is 22.3 Å². The number of aryl methyl sites for hydroxylation is 3. The maximum atomic E-state index is 14.9. The van der Waals surface area contributed by atoms with Gasteiger partial charge in [0.05, 0.1) is 102 Å². The minimum absolute atomic E-state index is 0.0231. The first-order chi connectivity index (χ1) is 42.5. The van der Waals surface area contributed by atoms with Crippen molar-refractivity contribution in [1.29, 1.82) is 0 Å². The Morgan fingerprint density at radius 3 is 1.89 bits per heavy atom. The molecule has 0 saturated heterocycles. The zero-order valence-electron chi connectivity index (χ0n) is 50.2. The van der Waals surface area contributed by atoms with Crippen molar-refractivity contribution in [3.8, 4) is 11.1 Å². The van der Waals surface area contributed by atoms with E-state index in [1.165, 1.54) is 15.5 Å². The zero-order chi connectivity index (χ0) is 63.2. The number of halogens is 2. The van der Waals surface area contributed by atoms with Crippen molar-refractivity contribution < 1.29 is 66.3 Å². The molecule has 1 unspecified atom stereocenters. The van der Waals surface area contributed by atoms with Crippen molar-refractivity contribution in [2.24, 2.45) is 11.7 Å². The standard InChI is InChI=1S/C66H81F2N5O14S/c1-46-17-19-49(20-18-46)22-24-61(76)70-26-27-71-47(2)40-60(63(71)77)88-45-53(65(79)80)42-55(75)25-29-83-31-33-85-35-37-87-39-38-86-36-34-84-32-30-82-28-9-14-54(74)23-21-50-10-7-13-52(41-50)62-48(3)72(43-56-57(67)15-8-16-58(56)68)66(81)73(64(62)78)44-59(69)51-11-5-4-6-12-51/h4-8,10-13,15-20,40-41,53,59H,2,9,14,21-39,42-45,69H2,1,3H3,(H,70,76)(H,79,80)/t53?,59-/m0/s1. The predicted molar refractivity (Wildman–Crippen MR) is 331 cm³/mol. The summed E-state index contributed by atoms with van der Waals surface area (Å²) >= 11 is 1.07. The van der Waals surface area contributed by atoms with Gasteiger partial charge >= 0.3 is 11.7 Å². The molecular formula is C66H81F2N5O14S. The molecule has 2 heterocycles. The lowest BCUT2D eigenvalue weighted by molar-refractivity contribution is -0.143. The van der Waals surface area contributed by atoms with E-state index in [1.54, 1.807) is 55.5 Å².